The van der Waals surface area contributed by atoms with E-state index in [2.05, 4.69) is 5.43 Å². The summed E-state index contributed by atoms with van der Waals surface area (Å²) in [6, 6.07) is 13.1. The average Bonchev–Trinajstić information content (AvgIpc) is 2.46. The molecule has 0 atom stereocenters. The highest BCUT2D eigenvalue weighted by Gasteiger charge is 2.16. The Morgan fingerprint density at radius 2 is 1.95 bits per heavy atom. The van der Waals surface area contributed by atoms with Crippen molar-refractivity contribution in [1.29, 1.82) is 0 Å². The number of aryl methyl sites for hydroxylation is 1. The minimum absolute atomic E-state index is 0.00509. The molecule has 0 bridgehead atoms. The molecule has 0 heterocycles. The van der Waals surface area contributed by atoms with E-state index in [-0.39, 0.29) is 5.69 Å². The number of nitrogens with two attached hydrogens (primary N) is 1. The predicted molar refractivity (Wildman–Crippen MR) is 81.6 cm³/mol. The molecule has 20 heavy (non-hydrogen) atoms. The van der Waals surface area contributed by atoms with E-state index in [1.54, 1.807) is 17.8 Å². The van der Waals surface area contributed by atoms with Gasteiger partial charge in [0.05, 0.1) is 4.92 Å². The van der Waals surface area contributed by atoms with Crippen LogP contribution in [0.2, 0.25) is 0 Å². The van der Waals surface area contributed by atoms with Gasteiger partial charge in [-0.25, -0.2) is 0 Å². The van der Waals surface area contributed by atoms with Gasteiger partial charge in [-0.2, -0.15) is 0 Å². The Hall–Kier alpha value is -2.05. The molecular weight excluding hydrogens is 274 g/mol. The second-order valence-corrected chi connectivity index (χ2v) is 5.36. The van der Waals surface area contributed by atoms with Crippen LogP contribution in [0, 0.1) is 17.0 Å². The quantitative estimate of drug-likeness (QED) is 0.381. The van der Waals surface area contributed by atoms with Crippen molar-refractivity contribution in [2.24, 2.45) is 5.84 Å². The molecule has 0 spiro atoms. The second-order valence-electron chi connectivity index (χ2n) is 4.31. The van der Waals surface area contributed by atoms with Gasteiger partial charge in [0.25, 0.3) is 5.69 Å². The summed E-state index contributed by atoms with van der Waals surface area (Å²) in [5.41, 5.74) is 4.82. The molecule has 3 N–H and O–H groups in total. The zero-order valence-electron chi connectivity index (χ0n) is 11.0. The largest absolute Gasteiger partial charge is 0.318 e. The standard InChI is InChI=1S/C14H15N3O2S/c1-10-5-7-12(8-6-10)20-9-11-3-2-4-13(17(18)19)14(11)16-15/h2-8,16H,9,15H2,1H3. The Balaban J connectivity index is 2.19. The van der Waals surface area contributed by atoms with E-state index < -0.39 is 4.92 Å². The molecule has 0 radical (unpaired) electrons. The van der Waals surface area contributed by atoms with Crippen LogP contribution in [-0.2, 0) is 5.75 Å². The summed E-state index contributed by atoms with van der Waals surface area (Å²) >= 11 is 1.61. The minimum Gasteiger partial charge on any atom is -0.318 e. The van der Waals surface area contributed by atoms with Crippen molar-refractivity contribution in [1.82, 2.24) is 0 Å². The summed E-state index contributed by atoms with van der Waals surface area (Å²) in [6.07, 6.45) is 0. The van der Waals surface area contributed by atoms with E-state index >= 15 is 0 Å². The molecule has 0 fully saturated rings. The molecular formula is C14H15N3O2S. The number of hydrogen-bond acceptors (Lipinski definition) is 5. The highest BCUT2D eigenvalue weighted by atomic mass is 32.2. The first-order valence-corrected chi connectivity index (χ1v) is 7.02. The maximum Gasteiger partial charge on any atom is 0.293 e. The number of para-hydroxylation sites is 1. The van der Waals surface area contributed by atoms with Crippen LogP contribution in [0.15, 0.2) is 47.4 Å². The Kier molecular flexibility index (Phi) is 4.60. The van der Waals surface area contributed by atoms with Crippen molar-refractivity contribution in [3.63, 3.8) is 0 Å². The van der Waals surface area contributed by atoms with Gasteiger partial charge in [0, 0.05) is 16.7 Å². The molecule has 0 aliphatic rings. The number of rotatable bonds is 5. The number of benzene rings is 2. The monoisotopic (exact) mass is 289 g/mol. The average molecular weight is 289 g/mol. The summed E-state index contributed by atoms with van der Waals surface area (Å²) in [5.74, 6) is 6.03. The van der Waals surface area contributed by atoms with Gasteiger partial charge in [-0.05, 0) is 24.6 Å². The molecule has 0 amide bonds. The van der Waals surface area contributed by atoms with E-state index in [1.165, 1.54) is 11.6 Å². The van der Waals surface area contributed by atoms with E-state index in [0.29, 0.717) is 11.4 Å². The molecule has 0 saturated heterocycles. The van der Waals surface area contributed by atoms with Gasteiger partial charge in [0.1, 0.15) is 5.69 Å². The van der Waals surface area contributed by atoms with Gasteiger partial charge in [0.2, 0.25) is 0 Å². The number of hydrazine groups is 1. The SMILES string of the molecule is Cc1ccc(SCc2cccc([N+](=O)[O-])c2NN)cc1. The van der Waals surface area contributed by atoms with E-state index in [4.69, 9.17) is 5.84 Å². The lowest BCUT2D eigenvalue weighted by Gasteiger charge is -2.09. The number of nitro benzene ring substituents is 1. The summed E-state index contributed by atoms with van der Waals surface area (Å²) < 4.78 is 0. The first kappa shape index (κ1) is 14.4. The highest BCUT2D eigenvalue weighted by Crippen LogP contribution is 2.32. The van der Waals surface area contributed by atoms with Gasteiger partial charge in [-0.3, -0.25) is 16.0 Å². The third-order valence-electron chi connectivity index (χ3n) is 2.89. The Morgan fingerprint density at radius 1 is 1.25 bits per heavy atom. The lowest BCUT2D eigenvalue weighted by Crippen LogP contribution is -2.11. The lowest BCUT2D eigenvalue weighted by atomic mass is 10.2. The van der Waals surface area contributed by atoms with Crippen LogP contribution in [0.3, 0.4) is 0 Å². The zero-order chi connectivity index (χ0) is 14.5. The fourth-order valence-corrected chi connectivity index (χ4v) is 2.71. The zero-order valence-corrected chi connectivity index (χ0v) is 11.8. The molecule has 2 aromatic carbocycles. The maximum atomic E-state index is 10.9. The van der Waals surface area contributed by atoms with E-state index in [0.717, 1.165) is 10.5 Å². The van der Waals surface area contributed by atoms with Crippen molar-refractivity contribution >= 4 is 23.1 Å². The molecule has 104 valence electrons. The fraction of sp³-hybridized carbons (Fsp3) is 0.143. The fourth-order valence-electron chi connectivity index (χ4n) is 1.82. The summed E-state index contributed by atoms with van der Waals surface area (Å²) in [6.45, 7) is 2.03. The van der Waals surface area contributed by atoms with Crippen LogP contribution >= 0.6 is 11.8 Å². The topological polar surface area (TPSA) is 81.2 Å². The number of nitrogen functional groups attached to an aromatic ring is 1. The molecule has 0 aliphatic heterocycles. The number of anilines is 1. The maximum absolute atomic E-state index is 10.9. The normalized spacial score (nSPS) is 10.3. The summed E-state index contributed by atoms with van der Waals surface area (Å²) in [7, 11) is 0. The third kappa shape index (κ3) is 3.28. The van der Waals surface area contributed by atoms with Crippen molar-refractivity contribution < 1.29 is 4.92 Å². The third-order valence-corrected chi connectivity index (χ3v) is 3.95. The molecule has 0 aromatic heterocycles. The molecule has 5 nitrogen and oxygen atoms in total. The molecule has 2 rings (SSSR count). The Labute approximate surface area is 121 Å². The van der Waals surface area contributed by atoms with Crippen molar-refractivity contribution in [3.05, 3.63) is 63.7 Å². The minimum atomic E-state index is -0.435. The number of nitrogens with zero attached hydrogens (tertiary/aromatic N) is 1. The van der Waals surface area contributed by atoms with Crippen molar-refractivity contribution in [2.45, 2.75) is 17.6 Å². The molecule has 0 aliphatic carbocycles. The lowest BCUT2D eigenvalue weighted by molar-refractivity contribution is -0.384. The highest BCUT2D eigenvalue weighted by molar-refractivity contribution is 7.98. The van der Waals surface area contributed by atoms with Gasteiger partial charge in [0.15, 0.2) is 0 Å². The Bertz CT molecular complexity index is 614. The van der Waals surface area contributed by atoms with Gasteiger partial charge >= 0.3 is 0 Å². The van der Waals surface area contributed by atoms with Crippen LogP contribution < -0.4 is 11.3 Å². The summed E-state index contributed by atoms with van der Waals surface area (Å²) in [5, 5.41) is 10.9. The first-order chi connectivity index (χ1) is 9.61. The summed E-state index contributed by atoms with van der Waals surface area (Å²) in [4.78, 5) is 11.6. The van der Waals surface area contributed by atoms with Gasteiger partial charge < -0.3 is 5.43 Å². The number of nitrogens with one attached hydrogen (secondary N) is 1. The van der Waals surface area contributed by atoms with Crippen LogP contribution in [0.25, 0.3) is 0 Å². The number of nitro groups is 1. The van der Waals surface area contributed by atoms with Gasteiger partial charge in [-0.1, -0.05) is 29.8 Å². The van der Waals surface area contributed by atoms with Gasteiger partial charge in [-0.15, -0.1) is 11.8 Å². The number of hydrogen-bond donors (Lipinski definition) is 2. The van der Waals surface area contributed by atoms with Crippen molar-refractivity contribution in [3.8, 4) is 0 Å². The smallest absolute Gasteiger partial charge is 0.293 e. The molecule has 0 saturated carbocycles. The first-order valence-electron chi connectivity index (χ1n) is 6.04. The molecule has 2 aromatic rings. The van der Waals surface area contributed by atoms with Crippen LogP contribution in [0.5, 0.6) is 0 Å². The van der Waals surface area contributed by atoms with E-state index in [9.17, 15) is 10.1 Å². The second kappa shape index (κ2) is 6.40. The number of thioether (sulfide) groups is 1. The molecule has 6 heteroatoms. The van der Waals surface area contributed by atoms with E-state index in [1.807, 2.05) is 37.3 Å². The van der Waals surface area contributed by atoms with Crippen LogP contribution in [0.4, 0.5) is 11.4 Å². The molecule has 0 unspecified atom stereocenters. The van der Waals surface area contributed by atoms with Crippen LogP contribution in [0.1, 0.15) is 11.1 Å². The Morgan fingerprint density at radius 3 is 2.55 bits per heavy atom. The van der Waals surface area contributed by atoms with Crippen LogP contribution in [-0.4, -0.2) is 4.92 Å². The van der Waals surface area contributed by atoms with Crippen molar-refractivity contribution in [2.75, 3.05) is 5.43 Å². The predicted octanol–water partition coefficient (Wildman–Crippen LogP) is 3.48.